The minimum absolute atomic E-state index is 0.201. The molecule has 2 rings (SSSR count). The highest BCUT2D eigenvalue weighted by Crippen LogP contribution is 2.28. The van der Waals surface area contributed by atoms with Gasteiger partial charge in [0.2, 0.25) is 0 Å². The lowest BCUT2D eigenvalue weighted by molar-refractivity contribution is 0.332. The van der Waals surface area contributed by atoms with Gasteiger partial charge in [0.05, 0.1) is 0 Å². The van der Waals surface area contributed by atoms with E-state index in [2.05, 4.69) is 38.2 Å². The van der Waals surface area contributed by atoms with E-state index in [1.807, 2.05) is 0 Å². The molecular weight excluding hydrogens is 220 g/mol. The Bertz CT molecular complexity index is 406. The highest BCUT2D eigenvalue weighted by Gasteiger charge is 2.19. The van der Waals surface area contributed by atoms with E-state index in [-0.39, 0.29) is 6.04 Å². The molecule has 1 aliphatic heterocycles. The van der Waals surface area contributed by atoms with Crippen molar-refractivity contribution in [3.63, 3.8) is 0 Å². The van der Waals surface area contributed by atoms with E-state index in [0.29, 0.717) is 0 Å². The summed E-state index contributed by atoms with van der Waals surface area (Å²) in [4.78, 5) is 0. The first kappa shape index (κ1) is 13.6. The average Bonchev–Trinajstić information content (AvgIpc) is 2.37. The van der Waals surface area contributed by atoms with E-state index >= 15 is 0 Å². The van der Waals surface area contributed by atoms with Crippen molar-refractivity contribution in [2.45, 2.75) is 46.1 Å². The largest absolute Gasteiger partial charge is 0.324 e. The minimum atomic E-state index is 0.201. The molecule has 18 heavy (non-hydrogen) atoms. The predicted molar refractivity (Wildman–Crippen MR) is 77.8 cm³/mol. The van der Waals surface area contributed by atoms with E-state index < -0.39 is 0 Å². The molecule has 2 nitrogen and oxygen atoms in total. The third-order valence-corrected chi connectivity index (χ3v) is 4.55. The zero-order valence-corrected chi connectivity index (χ0v) is 11.9. The number of hydrogen-bond acceptors (Lipinski definition) is 2. The number of nitrogens with two attached hydrogens (primary N) is 1. The SMILES string of the molecule is Cc1ccc(C(N)CC2CCNCC2)c(C)c1C. The van der Waals surface area contributed by atoms with E-state index in [4.69, 9.17) is 5.73 Å². The van der Waals surface area contributed by atoms with Gasteiger partial charge < -0.3 is 11.1 Å². The Kier molecular flexibility index (Phi) is 4.41. The second kappa shape index (κ2) is 5.85. The van der Waals surface area contributed by atoms with Crippen molar-refractivity contribution in [3.05, 3.63) is 34.4 Å². The van der Waals surface area contributed by atoms with Crippen LogP contribution in [0.4, 0.5) is 0 Å². The Labute approximate surface area is 111 Å². The fourth-order valence-corrected chi connectivity index (χ4v) is 2.98. The number of nitrogens with one attached hydrogen (secondary N) is 1. The van der Waals surface area contributed by atoms with Gasteiger partial charge in [-0.1, -0.05) is 12.1 Å². The summed E-state index contributed by atoms with van der Waals surface area (Å²) >= 11 is 0. The third-order valence-electron chi connectivity index (χ3n) is 4.55. The van der Waals surface area contributed by atoms with Crippen LogP contribution in [-0.2, 0) is 0 Å². The molecule has 0 bridgehead atoms. The van der Waals surface area contributed by atoms with Crippen LogP contribution in [0.3, 0.4) is 0 Å². The number of aryl methyl sites for hydroxylation is 1. The molecule has 1 unspecified atom stereocenters. The van der Waals surface area contributed by atoms with Crippen LogP contribution < -0.4 is 11.1 Å². The van der Waals surface area contributed by atoms with Crippen LogP contribution in [0.25, 0.3) is 0 Å². The third kappa shape index (κ3) is 2.93. The van der Waals surface area contributed by atoms with Crippen molar-refractivity contribution in [3.8, 4) is 0 Å². The maximum atomic E-state index is 6.43. The Morgan fingerprint density at radius 2 is 1.83 bits per heavy atom. The monoisotopic (exact) mass is 246 g/mol. The summed E-state index contributed by atoms with van der Waals surface area (Å²) in [6.07, 6.45) is 3.68. The predicted octanol–water partition coefficient (Wildman–Crippen LogP) is 3.00. The zero-order chi connectivity index (χ0) is 13.1. The molecule has 1 aromatic carbocycles. The Hall–Kier alpha value is -0.860. The molecule has 1 saturated heterocycles. The fraction of sp³-hybridized carbons (Fsp3) is 0.625. The molecule has 1 atom stereocenters. The zero-order valence-electron chi connectivity index (χ0n) is 11.9. The standard InChI is InChI=1S/C16H26N2/c1-11-4-5-15(13(3)12(11)2)16(17)10-14-6-8-18-9-7-14/h4-5,14,16,18H,6-10,17H2,1-3H3. The van der Waals surface area contributed by atoms with E-state index in [1.165, 1.54) is 35.1 Å². The molecule has 1 heterocycles. The van der Waals surface area contributed by atoms with Crippen LogP contribution in [0.1, 0.15) is 47.6 Å². The number of benzene rings is 1. The summed E-state index contributed by atoms with van der Waals surface area (Å²) in [5.74, 6) is 0.794. The smallest absolute Gasteiger partial charge is 0.0300 e. The first-order chi connectivity index (χ1) is 8.59. The van der Waals surface area contributed by atoms with Gasteiger partial charge in [-0.3, -0.25) is 0 Å². The van der Waals surface area contributed by atoms with Gasteiger partial charge in [-0.25, -0.2) is 0 Å². The van der Waals surface area contributed by atoms with Crippen LogP contribution in [0.5, 0.6) is 0 Å². The van der Waals surface area contributed by atoms with Gasteiger partial charge in [-0.15, -0.1) is 0 Å². The van der Waals surface area contributed by atoms with Gasteiger partial charge in [-0.2, -0.15) is 0 Å². The minimum Gasteiger partial charge on any atom is -0.324 e. The summed E-state index contributed by atoms with van der Waals surface area (Å²) in [5, 5.41) is 3.41. The van der Waals surface area contributed by atoms with Gasteiger partial charge in [0.1, 0.15) is 0 Å². The normalized spacial score (nSPS) is 18.9. The molecule has 0 saturated carbocycles. The second-order valence-electron chi connectivity index (χ2n) is 5.76. The molecule has 1 aromatic rings. The first-order valence-electron chi connectivity index (χ1n) is 7.12. The summed E-state index contributed by atoms with van der Waals surface area (Å²) in [5.41, 5.74) is 11.9. The van der Waals surface area contributed by atoms with Crippen molar-refractivity contribution in [2.24, 2.45) is 11.7 Å². The Morgan fingerprint density at radius 1 is 1.17 bits per heavy atom. The average molecular weight is 246 g/mol. The lowest BCUT2D eigenvalue weighted by atomic mass is 9.86. The van der Waals surface area contributed by atoms with Crippen molar-refractivity contribution in [2.75, 3.05) is 13.1 Å². The Morgan fingerprint density at radius 3 is 2.50 bits per heavy atom. The maximum absolute atomic E-state index is 6.43. The van der Waals surface area contributed by atoms with Crippen molar-refractivity contribution < 1.29 is 0 Å². The van der Waals surface area contributed by atoms with Crippen LogP contribution in [0.15, 0.2) is 12.1 Å². The Balaban J connectivity index is 2.08. The summed E-state index contributed by atoms with van der Waals surface area (Å²) < 4.78 is 0. The lowest BCUT2D eigenvalue weighted by Gasteiger charge is -2.26. The molecular formula is C16H26N2. The molecule has 2 heteroatoms. The van der Waals surface area contributed by atoms with Gasteiger partial charge in [-0.05, 0) is 81.3 Å². The van der Waals surface area contributed by atoms with Crippen molar-refractivity contribution in [1.29, 1.82) is 0 Å². The highest BCUT2D eigenvalue weighted by molar-refractivity contribution is 5.40. The molecule has 0 aromatic heterocycles. The molecule has 100 valence electrons. The van der Waals surface area contributed by atoms with Crippen LogP contribution in [-0.4, -0.2) is 13.1 Å². The van der Waals surface area contributed by atoms with Crippen LogP contribution in [0, 0.1) is 26.7 Å². The first-order valence-corrected chi connectivity index (χ1v) is 7.12. The second-order valence-corrected chi connectivity index (χ2v) is 5.76. The molecule has 3 N–H and O–H groups in total. The molecule has 0 spiro atoms. The number of rotatable bonds is 3. The highest BCUT2D eigenvalue weighted by atomic mass is 14.9. The molecule has 1 aliphatic rings. The van der Waals surface area contributed by atoms with E-state index in [1.54, 1.807) is 0 Å². The summed E-state index contributed by atoms with van der Waals surface area (Å²) in [6.45, 7) is 8.89. The van der Waals surface area contributed by atoms with E-state index in [9.17, 15) is 0 Å². The molecule has 1 fully saturated rings. The van der Waals surface area contributed by atoms with Crippen molar-refractivity contribution >= 4 is 0 Å². The van der Waals surface area contributed by atoms with Gasteiger partial charge in [0.15, 0.2) is 0 Å². The molecule has 0 radical (unpaired) electrons. The van der Waals surface area contributed by atoms with E-state index in [0.717, 1.165) is 25.4 Å². The molecule has 0 amide bonds. The summed E-state index contributed by atoms with van der Waals surface area (Å²) in [7, 11) is 0. The van der Waals surface area contributed by atoms with Crippen molar-refractivity contribution in [1.82, 2.24) is 5.32 Å². The van der Waals surface area contributed by atoms with Gasteiger partial charge >= 0.3 is 0 Å². The lowest BCUT2D eigenvalue weighted by Crippen LogP contribution is -2.29. The maximum Gasteiger partial charge on any atom is 0.0300 e. The number of piperidine rings is 1. The number of hydrogen-bond donors (Lipinski definition) is 2. The topological polar surface area (TPSA) is 38.0 Å². The molecule has 0 aliphatic carbocycles. The fourth-order valence-electron chi connectivity index (χ4n) is 2.98. The van der Waals surface area contributed by atoms with Gasteiger partial charge in [0.25, 0.3) is 0 Å². The van der Waals surface area contributed by atoms with Gasteiger partial charge in [0, 0.05) is 6.04 Å². The van der Waals surface area contributed by atoms with Crippen LogP contribution >= 0.6 is 0 Å². The summed E-state index contributed by atoms with van der Waals surface area (Å²) in [6, 6.07) is 4.64. The quantitative estimate of drug-likeness (QED) is 0.860. The van der Waals surface area contributed by atoms with Crippen LogP contribution in [0.2, 0.25) is 0 Å².